The van der Waals surface area contributed by atoms with Crippen molar-refractivity contribution in [1.82, 2.24) is 5.32 Å². The molecule has 2 amide bonds. The number of benzene rings is 2. The number of carbonyl (C=O) groups is 2. The van der Waals surface area contributed by atoms with E-state index in [2.05, 4.69) is 17.4 Å². The Hall–Kier alpha value is -2.92. The number of para-hydroxylation sites is 1. The molecule has 0 aliphatic carbocycles. The monoisotopic (exact) mass is 402 g/mol. The number of nitrogens with zero attached hydrogens (tertiary/aromatic N) is 1. The number of amides is 2. The molecule has 2 bridgehead atoms. The van der Waals surface area contributed by atoms with Crippen LogP contribution in [0.5, 0.6) is 0 Å². The SMILES string of the molecule is C[C@H](CCc1ccccc1)NC(=O)[C@@H]1[C@@H]2C=C[C@]3(CN(c4ccccc4)C(=O)[C@H]13)O2. The van der Waals surface area contributed by atoms with Crippen molar-refractivity contribution in [3.05, 3.63) is 78.4 Å². The molecule has 3 heterocycles. The minimum Gasteiger partial charge on any atom is -0.360 e. The molecule has 154 valence electrons. The van der Waals surface area contributed by atoms with Gasteiger partial charge in [0.25, 0.3) is 0 Å². The van der Waals surface area contributed by atoms with Crippen molar-refractivity contribution in [3.8, 4) is 0 Å². The van der Waals surface area contributed by atoms with Crippen molar-refractivity contribution < 1.29 is 14.3 Å². The van der Waals surface area contributed by atoms with E-state index >= 15 is 0 Å². The lowest BCUT2D eigenvalue weighted by atomic mass is 9.76. The van der Waals surface area contributed by atoms with Gasteiger partial charge in [0.2, 0.25) is 11.8 Å². The Kier molecular flexibility index (Phi) is 4.70. The molecule has 5 atom stereocenters. The number of hydrogen-bond acceptors (Lipinski definition) is 3. The highest BCUT2D eigenvalue weighted by Crippen LogP contribution is 2.52. The Bertz CT molecular complexity index is 974. The molecule has 1 spiro atoms. The van der Waals surface area contributed by atoms with Crippen LogP contribution in [0.1, 0.15) is 18.9 Å². The van der Waals surface area contributed by atoms with Crippen LogP contribution in [0.25, 0.3) is 0 Å². The maximum Gasteiger partial charge on any atom is 0.234 e. The van der Waals surface area contributed by atoms with Gasteiger partial charge in [0, 0.05) is 11.7 Å². The van der Waals surface area contributed by atoms with E-state index in [1.165, 1.54) is 5.56 Å². The molecule has 2 aromatic rings. The van der Waals surface area contributed by atoms with Crippen LogP contribution >= 0.6 is 0 Å². The van der Waals surface area contributed by atoms with E-state index < -0.39 is 17.4 Å². The first-order chi connectivity index (χ1) is 14.6. The Morgan fingerprint density at radius 1 is 1.17 bits per heavy atom. The summed E-state index contributed by atoms with van der Waals surface area (Å²) >= 11 is 0. The van der Waals surface area contributed by atoms with E-state index in [0.717, 1.165) is 18.5 Å². The van der Waals surface area contributed by atoms with Crippen LogP contribution in [-0.4, -0.2) is 36.1 Å². The molecule has 2 fully saturated rings. The molecule has 0 aromatic heterocycles. The summed E-state index contributed by atoms with van der Waals surface area (Å²) in [5.74, 6) is -1.05. The van der Waals surface area contributed by atoms with Gasteiger partial charge in [-0.05, 0) is 37.5 Å². The zero-order valence-corrected chi connectivity index (χ0v) is 17.0. The largest absolute Gasteiger partial charge is 0.360 e. The number of fused-ring (bicyclic) bond motifs is 1. The quantitative estimate of drug-likeness (QED) is 0.756. The van der Waals surface area contributed by atoms with Crippen LogP contribution < -0.4 is 10.2 Å². The van der Waals surface area contributed by atoms with E-state index in [0.29, 0.717) is 6.54 Å². The van der Waals surface area contributed by atoms with E-state index in [9.17, 15) is 9.59 Å². The first kappa shape index (κ1) is 19.1. The van der Waals surface area contributed by atoms with Gasteiger partial charge in [-0.3, -0.25) is 9.59 Å². The molecule has 30 heavy (non-hydrogen) atoms. The lowest BCUT2D eigenvalue weighted by molar-refractivity contribution is -0.132. The number of nitrogens with one attached hydrogen (secondary N) is 1. The summed E-state index contributed by atoms with van der Waals surface area (Å²) in [7, 11) is 0. The fraction of sp³-hybridized carbons (Fsp3) is 0.360. The number of anilines is 1. The molecule has 0 unspecified atom stereocenters. The third-order valence-corrected chi connectivity index (χ3v) is 6.57. The molecule has 5 heteroatoms. The molecule has 3 aliphatic rings. The second-order valence-electron chi connectivity index (χ2n) is 8.59. The number of ether oxygens (including phenoxy) is 1. The van der Waals surface area contributed by atoms with Crippen LogP contribution in [0, 0.1) is 11.8 Å². The minimum absolute atomic E-state index is 0.0230. The lowest BCUT2D eigenvalue weighted by Gasteiger charge is -2.25. The average molecular weight is 402 g/mol. The maximum atomic E-state index is 13.3. The summed E-state index contributed by atoms with van der Waals surface area (Å²) < 4.78 is 6.22. The fourth-order valence-electron chi connectivity index (χ4n) is 5.06. The van der Waals surface area contributed by atoms with Gasteiger partial charge in [-0.25, -0.2) is 0 Å². The molecular weight excluding hydrogens is 376 g/mol. The summed E-state index contributed by atoms with van der Waals surface area (Å²) in [6, 6.07) is 19.9. The minimum atomic E-state index is -0.688. The highest BCUT2D eigenvalue weighted by molar-refractivity contribution is 6.03. The highest BCUT2D eigenvalue weighted by Gasteiger charge is 2.67. The number of rotatable bonds is 6. The standard InChI is InChI=1S/C25H26N2O3/c1-17(12-13-18-8-4-2-5-9-18)26-23(28)21-20-14-15-25(30-20)16-27(24(29)22(21)25)19-10-6-3-7-11-19/h2-11,14-15,17,20-22H,12-13,16H2,1H3,(H,26,28)/t17-,20+,21-,22+,25-/m1/s1. The first-order valence-electron chi connectivity index (χ1n) is 10.7. The highest BCUT2D eigenvalue weighted by atomic mass is 16.5. The number of aryl methyl sites for hydroxylation is 1. The third-order valence-electron chi connectivity index (χ3n) is 6.57. The Labute approximate surface area is 176 Å². The van der Waals surface area contributed by atoms with Gasteiger partial charge in [-0.15, -0.1) is 0 Å². The lowest BCUT2D eigenvalue weighted by Crippen LogP contribution is -2.46. The molecule has 3 aliphatic heterocycles. The summed E-state index contributed by atoms with van der Waals surface area (Å²) in [6.45, 7) is 2.48. The van der Waals surface area contributed by atoms with Gasteiger partial charge >= 0.3 is 0 Å². The van der Waals surface area contributed by atoms with Gasteiger partial charge < -0.3 is 15.0 Å². The molecule has 2 aromatic carbocycles. The summed E-state index contributed by atoms with van der Waals surface area (Å²) in [4.78, 5) is 28.3. The van der Waals surface area contributed by atoms with Gasteiger partial charge in [-0.1, -0.05) is 60.7 Å². The zero-order valence-electron chi connectivity index (χ0n) is 17.0. The van der Waals surface area contributed by atoms with Gasteiger partial charge in [0.1, 0.15) is 5.60 Å². The van der Waals surface area contributed by atoms with Crippen LogP contribution in [0.4, 0.5) is 5.69 Å². The van der Waals surface area contributed by atoms with Crippen molar-refractivity contribution in [2.75, 3.05) is 11.4 Å². The molecule has 5 rings (SSSR count). The fourth-order valence-corrected chi connectivity index (χ4v) is 5.06. The average Bonchev–Trinajstić information content (AvgIpc) is 3.42. The molecule has 1 N–H and O–H groups in total. The predicted molar refractivity (Wildman–Crippen MR) is 115 cm³/mol. The summed E-state index contributed by atoms with van der Waals surface area (Å²) in [6.07, 6.45) is 5.38. The van der Waals surface area contributed by atoms with E-state index in [-0.39, 0.29) is 24.0 Å². The van der Waals surface area contributed by atoms with E-state index in [4.69, 9.17) is 4.74 Å². The summed E-state index contributed by atoms with van der Waals surface area (Å²) in [5.41, 5.74) is 1.42. The maximum absolute atomic E-state index is 13.3. The van der Waals surface area contributed by atoms with Crippen LogP contribution in [0.3, 0.4) is 0 Å². The molecule has 0 radical (unpaired) electrons. The molecule has 5 nitrogen and oxygen atoms in total. The predicted octanol–water partition coefficient (Wildman–Crippen LogP) is 3.11. The van der Waals surface area contributed by atoms with Crippen molar-refractivity contribution >= 4 is 17.5 Å². The van der Waals surface area contributed by atoms with Crippen molar-refractivity contribution in [3.63, 3.8) is 0 Å². The van der Waals surface area contributed by atoms with Gasteiger partial charge in [0.05, 0.1) is 24.5 Å². The summed E-state index contributed by atoms with van der Waals surface area (Å²) in [5, 5.41) is 3.14. The van der Waals surface area contributed by atoms with E-state index in [1.54, 1.807) is 4.90 Å². The third kappa shape index (κ3) is 3.14. The Balaban J connectivity index is 1.29. The van der Waals surface area contributed by atoms with E-state index in [1.807, 2.05) is 67.6 Å². The number of carbonyl (C=O) groups excluding carboxylic acids is 2. The van der Waals surface area contributed by atoms with Crippen molar-refractivity contribution in [1.29, 1.82) is 0 Å². The topological polar surface area (TPSA) is 58.6 Å². The van der Waals surface area contributed by atoms with Gasteiger partial charge in [0.15, 0.2) is 0 Å². The van der Waals surface area contributed by atoms with Gasteiger partial charge in [-0.2, -0.15) is 0 Å². The van der Waals surface area contributed by atoms with Crippen LogP contribution in [0.2, 0.25) is 0 Å². The zero-order chi connectivity index (χ0) is 20.7. The molecular formula is C25H26N2O3. The Morgan fingerprint density at radius 2 is 1.87 bits per heavy atom. The Morgan fingerprint density at radius 3 is 2.60 bits per heavy atom. The second kappa shape index (κ2) is 7.40. The molecule has 2 saturated heterocycles. The van der Waals surface area contributed by atoms with Crippen molar-refractivity contribution in [2.24, 2.45) is 11.8 Å². The normalized spacial score (nSPS) is 29.8. The smallest absolute Gasteiger partial charge is 0.234 e. The first-order valence-corrected chi connectivity index (χ1v) is 10.7. The van der Waals surface area contributed by atoms with Crippen molar-refractivity contribution in [2.45, 2.75) is 37.5 Å². The number of hydrogen-bond donors (Lipinski definition) is 1. The second-order valence-corrected chi connectivity index (χ2v) is 8.59. The van der Waals surface area contributed by atoms with Crippen LogP contribution in [0.15, 0.2) is 72.8 Å². The van der Waals surface area contributed by atoms with Crippen LogP contribution in [-0.2, 0) is 20.7 Å². The molecule has 0 saturated carbocycles.